The highest BCUT2D eigenvalue weighted by atomic mass is 32.1. The van der Waals surface area contributed by atoms with Crippen molar-refractivity contribution in [2.75, 3.05) is 26.9 Å². The predicted octanol–water partition coefficient (Wildman–Crippen LogP) is 4.05. The van der Waals surface area contributed by atoms with Crippen LogP contribution in [0.2, 0.25) is 0 Å². The first kappa shape index (κ1) is 37.3. The molecule has 1 aliphatic heterocycles. The molecular formula is C31H50N4O8S. The van der Waals surface area contributed by atoms with Gasteiger partial charge in [-0.05, 0) is 44.7 Å². The van der Waals surface area contributed by atoms with E-state index in [1.807, 2.05) is 46.6 Å². The van der Waals surface area contributed by atoms with E-state index in [1.165, 1.54) is 17.2 Å². The first-order valence-corrected chi connectivity index (χ1v) is 16.4. The van der Waals surface area contributed by atoms with Gasteiger partial charge in [-0.2, -0.15) is 0 Å². The van der Waals surface area contributed by atoms with E-state index in [0.717, 1.165) is 30.7 Å². The van der Waals surface area contributed by atoms with Crippen LogP contribution in [0, 0.1) is 11.8 Å². The average Bonchev–Trinajstić information content (AvgIpc) is 3.47. The highest BCUT2D eigenvalue weighted by Crippen LogP contribution is 2.31. The number of rotatable bonds is 18. The molecule has 2 N–H and O–H groups in total. The molecule has 1 aromatic heterocycles. The normalized spacial score (nSPS) is 18.2. The molecule has 0 aliphatic carbocycles. The number of esters is 1. The number of hydrogen-bond acceptors (Lipinski definition) is 10. The Hall–Kier alpha value is -2.90. The average molecular weight is 639 g/mol. The summed E-state index contributed by atoms with van der Waals surface area (Å²) in [5.74, 6) is -2.82. The van der Waals surface area contributed by atoms with Crippen molar-refractivity contribution in [3.63, 3.8) is 0 Å². The highest BCUT2D eigenvalue weighted by Gasteiger charge is 2.39. The van der Waals surface area contributed by atoms with Gasteiger partial charge in [-0.3, -0.25) is 24.1 Å². The zero-order valence-electron chi connectivity index (χ0n) is 27.2. The molecule has 2 rings (SSSR count). The fourth-order valence-electron chi connectivity index (χ4n) is 5.36. The number of hydrogen-bond donors (Lipinski definition) is 2. The minimum atomic E-state index is -1.20. The lowest BCUT2D eigenvalue weighted by atomic mass is 9.92. The number of thiazole rings is 1. The molecule has 2 amide bonds. The second-order valence-electron chi connectivity index (χ2n) is 12.0. The van der Waals surface area contributed by atoms with E-state index in [4.69, 9.17) is 9.47 Å². The molecule has 0 radical (unpaired) electrons. The fraction of sp³-hybridized carbons (Fsp3) is 0.742. The molecule has 0 bridgehead atoms. The SMILES string of the molecule is CCCC(=O)COCN(C(=O)C(NC(=O)C1CCCCN1C)C(C)CC)C(CC(OC(C)=O)c1nc(C(=O)O)cs1)C(C)C. The van der Waals surface area contributed by atoms with Crippen LogP contribution in [0.3, 0.4) is 0 Å². The number of likely N-dealkylation sites (tertiary alicyclic amines) is 1. The van der Waals surface area contributed by atoms with Gasteiger partial charge < -0.3 is 24.8 Å². The van der Waals surface area contributed by atoms with Gasteiger partial charge in [0.2, 0.25) is 11.8 Å². The first-order valence-electron chi connectivity index (χ1n) is 15.6. The smallest absolute Gasteiger partial charge is 0.355 e. The van der Waals surface area contributed by atoms with Gasteiger partial charge in [0.1, 0.15) is 24.4 Å². The Labute approximate surface area is 264 Å². The number of carbonyl (C=O) groups is 5. The van der Waals surface area contributed by atoms with Crippen molar-refractivity contribution in [3.05, 3.63) is 16.1 Å². The van der Waals surface area contributed by atoms with Gasteiger partial charge in [0.05, 0.1) is 6.04 Å². The molecule has 0 spiro atoms. The van der Waals surface area contributed by atoms with E-state index < -0.39 is 30.1 Å². The summed E-state index contributed by atoms with van der Waals surface area (Å²) in [6.45, 7) is 11.3. The molecule has 0 saturated carbocycles. The Morgan fingerprint density at radius 2 is 1.89 bits per heavy atom. The third kappa shape index (κ3) is 10.9. The summed E-state index contributed by atoms with van der Waals surface area (Å²) in [5.41, 5.74) is -0.166. The number of amides is 2. The number of carboxylic acid groups (broad SMARTS) is 1. The van der Waals surface area contributed by atoms with Crippen molar-refractivity contribution >= 4 is 40.9 Å². The zero-order chi connectivity index (χ0) is 33.0. The Morgan fingerprint density at radius 1 is 1.18 bits per heavy atom. The lowest BCUT2D eigenvalue weighted by Crippen LogP contribution is -2.59. The molecule has 248 valence electrons. The maximum Gasteiger partial charge on any atom is 0.355 e. The van der Waals surface area contributed by atoms with Crippen LogP contribution in [0.25, 0.3) is 0 Å². The third-order valence-corrected chi connectivity index (χ3v) is 9.04. The summed E-state index contributed by atoms with van der Waals surface area (Å²) in [4.78, 5) is 71.5. The fourth-order valence-corrected chi connectivity index (χ4v) is 6.19. The van der Waals surface area contributed by atoms with Crippen molar-refractivity contribution in [1.82, 2.24) is 20.1 Å². The summed E-state index contributed by atoms with van der Waals surface area (Å²) < 4.78 is 11.4. The second kappa shape index (κ2) is 18.2. The molecule has 13 heteroatoms. The quantitative estimate of drug-likeness (QED) is 0.178. The van der Waals surface area contributed by atoms with Crippen LogP contribution in [0.5, 0.6) is 0 Å². The number of nitrogens with zero attached hydrogens (tertiary/aromatic N) is 3. The van der Waals surface area contributed by atoms with Crippen molar-refractivity contribution in [2.45, 2.75) is 111 Å². The van der Waals surface area contributed by atoms with Gasteiger partial charge >= 0.3 is 11.9 Å². The van der Waals surface area contributed by atoms with Crippen molar-refractivity contribution in [3.8, 4) is 0 Å². The summed E-state index contributed by atoms with van der Waals surface area (Å²) in [5, 5.41) is 14.1. The predicted molar refractivity (Wildman–Crippen MR) is 166 cm³/mol. The van der Waals surface area contributed by atoms with Crippen molar-refractivity contribution in [1.29, 1.82) is 0 Å². The molecule has 12 nitrogen and oxygen atoms in total. The summed E-state index contributed by atoms with van der Waals surface area (Å²) in [7, 11) is 1.91. The van der Waals surface area contributed by atoms with E-state index in [-0.39, 0.29) is 60.9 Å². The minimum absolute atomic E-state index is 0.0881. The van der Waals surface area contributed by atoms with Gasteiger partial charge in [-0.25, -0.2) is 9.78 Å². The second-order valence-corrected chi connectivity index (χ2v) is 12.8. The molecule has 5 unspecified atom stereocenters. The summed E-state index contributed by atoms with van der Waals surface area (Å²) in [6, 6.07) is -1.77. The van der Waals surface area contributed by atoms with Gasteiger partial charge in [-0.1, -0.05) is 47.5 Å². The molecule has 1 saturated heterocycles. The van der Waals surface area contributed by atoms with E-state index in [2.05, 4.69) is 10.3 Å². The van der Waals surface area contributed by atoms with Crippen molar-refractivity contribution in [2.24, 2.45) is 11.8 Å². The van der Waals surface area contributed by atoms with Gasteiger partial charge in [0.25, 0.3) is 0 Å². The standard InChI is InChI=1S/C31H50N4O8S/c1-8-12-22(37)16-42-18-35(30(39)27(20(5)9-2)33-28(38)24-13-10-11-14-34(24)7)25(19(3)4)15-26(43-21(6)36)29-32-23(17-44-29)31(40)41/h17,19-20,24-27H,8-16,18H2,1-7H3,(H,33,38)(H,40,41). The first-order chi connectivity index (χ1) is 20.8. The van der Waals surface area contributed by atoms with E-state index in [1.54, 1.807) is 0 Å². The minimum Gasteiger partial charge on any atom is -0.476 e. The third-order valence-electron chi connectivity index (χ3n) is 8.11. The number of ether oxygens (including phenoxy) is 2. The molecular weight excluding hydrogens is 588 g/mol. The van der Waals surface area contributed by atoms with Crippen LogP contribution in [0.4, 0.5) is 0 Å². The van der Waals surface area contributed by atoms with Gasteiger partial charge in [-0.15, -0.1) is 11.3 Å². The van der Waals surface area contributed by atoms with E-state index >= 15 is 0 Å². The zero-order valence-corrected chi connectivity index (χ0v) is 28.0. The Kier molecular flexibility index (Phi) is 15.4. The van der Waals surface area contributed by atoms with E-state index in [0.29, 0.717) is 30.7 Å². The number of carboxylic acids is 1. The number of aromatic carboxylic acids is 1. The number of piperidine rings is 1. The number of ketones is 1. The number of carbonyl (C=O) groups excluding carboxylic acids is 4. The van der Waals surface area contributed by atoms with Gasteiger partial charge in [0, 0.05) is 31.2 Å². The van der Waals surface area contributed by atoms with Crippen LogP contribution in [0.15, 0.2) is 5.38 Å². The molecule has 1 aromatic rings. The summed E-state index contributed by atoms with van der Waals surface area (Å²) in [6.07, 6.45) is 3.49. The van der Waals surface area contributed by atoms with Gasteiger partial charge in [0.15, 0.2) is 17.6 Å². The maximum absolute atomic E-state index is 14.5. The summed E-state index contributed by atoms with van der Waals surface area (Å²) >= 11 is 1.06. The highest BCUT2D eigenvalue weighted by molar-refractivity contribution is 7.09. The Morgan fingerprint density at radius 3 is 2.43 bits per heavy atom. The molecule has 1 aliphatic rings. The number of nitrogens with one attached hydrogen (secondary N) is 1. The number of Topliss-reactive ketones (excluding diaryl/α,β-unsaturated/α-hetero) is 1. The number of likely N-dealkylation sites (N-methyl/N-ethyl adjacent to an activating group) is 1. The lowest BCUT2D eigenvalue weighted by molar-refractivity contribution is -0.154. The van der Waals surface area contributed by atoms with Crippen LogP contribution in [-0.2, 0) is 28.7 Å². The maximum atomic E-state index is 14.5. The van der Waals surface area contributed by atoms with Crippen LogP contribution < -0.4 is 5.32 Å². The largest absolute Gasteiger partial charge is 0.476 e. The molecule has 44 heavy (non-hydrogen) atoms. The molecule has 5 atom stereocenters. The van der Waals surface area contributed by atoms with Crippen LogP contribution in [-0.4, -0.2) is 94.5 Å². The van der Waals surface area contributed by atoms with Crippen LogP contribution >= 0.6 is 11.3 Å². The van der Waals surface area contributed by atoms with Crippen LogP contribution in [0.1, 0.15) is 108 Å². The molecule has 2 heterocycles. The molecule has 1 fully saturated rings. The Balaban J connectivity index is 2.46. The molecule has 0 aromatic carbocycles. The lowest BCUT2D eigenvalue weighted by Gasteiger charge is -2.39. The number of aromatic nitrogens is 1. The topological polar surface area (TPSA) is 155 Å². The van der Waals surface area contributed by atoms with E-state index in [9.17, 15) is 29.1 Å². The Bertz CT molecular complexity index is 1130. The van der Waals surface area contributed by atoms with Crippen molar-refractivity contribution < 1.29 is 38.6 Å². The monoisotopic (exact) mass is 638 g/mol.